The number of aromatic nitrogens is 3. The van der Waals surface area contributed by atoms with Crippen LogP contribution < -0.4 is 0 Å². The third kappa shape index (κ3) is 3.15. The van der Waals surface area contributed by atoms with Gasteiger partial charge in [-0.2, -0.15) is 10.5 Å². The lowest BCUT2D eigenvalue weighted by molar-refractivity contribution is 0.937. The van der Waals surface area contributed by atoms with Crippen molar-refractivity contribution in [2.75, 3.05) is 0 Å². The van der Waals surface area contributed by atoms with Crippen LogP contribution in [0.5, 0.6) is 0 Å². The molecule has 0 atom stereocenters. The molecule has 0 aliphatic carbocycles. The molecule has 0 saturated heterocycles. The first-order valence-corrected chi connectivity index (χ1v) is 6.90. The summed E-state index contributed by atoms with van der Waals surface area (Å²) >= 11 is 0. The van der Waals surface area contributed by atoms with E-state index in [9.17, 15) is 0 Å². The second kappa shape index (κ2) is 6.38. The van der Waals surface area contributed by atoms with Crippen molar-refractivity contribution in [2.45, 2.75) is 0 Å². The summed E-state index contributed by atoms with van der Waals surface area (Å²) in [7, 11) is 0. The van der Waals surface area contributed by atoms with Gasteiger partial charge in [-0.05, 0) is 29.3 Å². The smallest absolute Gasteiger partial charge is 0.163 e. The van der Waals surface area contributed by atoms with Crippen molar-refractivity contribution < 1.29 is 0 Å². The molecular formula is C18H11N5. The highest BCUT2D eigenvalue weighted by atomic mass is 15.3. The van der Waals surface area contributed by atoms with Crippen molar-refractivity contribution in [2.24, 2.45) is 0 Å². The van der Waals surface area contributed by atoms with Gasteiger partial charge in [0.05, 0.1) is 11.6 Å². The fourth-order valence-corrected chi connectivity index (χ4v) is 2.20. The third-order valence-electron chi connectivity index (χ3n) is 3.30. The Morgan fingerprint density at radius 2 is 1.65 bits per heavy atom. The molecule has 0 aliphatic rings. The summed E-state index contributed by atoms with van der Waals surface area (Å²) < 4.78 is 0. The van der Waals surface area contributed by atoms with E-state index >= 15 is 0 Å². The molecule has 1 heterocycles. The molecule has 5 heteroatoms. The van der Waals surface area contributed by atoms with E-state index in [4.69, 9.17) is 10.5 Å². The highest BCUT2D eigenvalue weighted by Gasteiger charge is 2.08. The zero-order valence-electron chi connectivity index (χ0n) is 12.1. The van der Waals surface area contributed by atoms with E-state index < -0.39 is 0 Å². The van der Waals surface area contributed by atoms with Gasteiger partial charge in [0.15, 0.2) is 5.69 Å². The summed E-state index contributed by atoms with van der Waals surface area (Å²) in [6, 6.07) is 19.2. The van der Waals surface area contributed by atoms with Gasteiger partial charge in [0, 0.05) is 5.56 Å². The fraction of sp³-hybridized carbons (Fsp3) is 0. The average molecular weight is 297 g/mol. The van der Waals surface area contributed by atoms with Crippen LogP contribution >= 0.6 is 0 Å². The summed E-state index contributed by atoms with van der Waals surface area (Å²) in [4.78, 5) is 0. The van der Waals surface area contributed by atoms with Crippen LogP contribution in [0.4, 0.5) is 0 Å². The van der Waals surface area contributed by atoms with Gasteiger partial charge >= 0.3 is 0 Å². The standard InChI is InChI=1S/C18H11N5/c19-11-15-5-1-3-13(9-15)7-8-14-4-2-6-16(10-14)18-17(12-20)21-23-22-18/h1-10H,(H,21,22,23)/b8-7+. The molecule has 0 saturated carbocycles. The highest BCUT2D eigenvalue weighted by molar-refractivity contribution is 5.74. The largest absolute Gasteiger partial charge is 0.247 e. The summed E-state index contributed by atoms with van der Waals surface area (Å²) in [5.41, 5.74) is 4.25. The number of aromatic amines is 1. The van der Waals surface area contributed by atoms with Crippen LogP contribution in [-0.4, -0.2) is 15.4 Å². The average Bonchev–Trinajstić information content (AvgIpc) is 3.09. The zero-order valence-corrected chi connectivity index (χ0v) is 12.1. The van der Waals surface area contributed by atoms with Crippen molar-refractivity contribution in [1.29, 1.82) is 10.5 Å². The molecule has 0 spiro atoms. The molecule has 5 nitrogen and oxygen atoms in total. The van der Waals surface area contributed by atoms with Crippen molar-refractivity contribution in [3.8, 4) is 23.4 Å². The molecular weight excluding hydrogens is 286 g/mol. The molecule has 2 aromatic carbocycles. The van der Waals surface area contributed by atoms with E-state index in [1.54, 1.807) is 6.07 Å². The minimum Gasteiger partial charge on any atom is -0.247 e. The van der Waals surface area contributed by atoms with E-state index in [1.165, 1.54) is 0 Å². The molecule has 0 bridgehead atoms. The Kier molecular flexibility index (Phi) is 3.95. The number of rotatable bonds is 3. The fourth-order valence-electron chi connectivity index (χ4n) is 2.20. The molecule has 0 unspecified atom stereocenters. The van der Waals surface area contributed by atoms with E-state index in [2.05, 4.69) is 21.5 Å². The molecule has 0 aliphatic heterocycles. The van der Waals surface area contributed by atoms with E-state index in [-0.39, 0.29) is 0 Å². The van der Waals surface area contributed by atoms with Gasteiger partial charge in [-0.1, -0.05) is 47.7 Å². The molecule has 108 valence electrons. The molecule has 0 amide bonds. The van der Waals surface area contributed by atoms with Crippen molar-refractivity contribution in [3.63, 3.8) is 0 Å². The van der Waals surface area contributed by atoms with Gasteiger partial charge in [0.2, 0.25) is 0 Å². The highest BCUT2D eigenvalue weighted by Crippen LogP contribution is 2.21. The Hall–Kier alpha value is -3.70. The Morgan fingerprint density at radius 3 is 2.39 bits per heavy atom. The van der Waals surface area contributed by atoms with Gasteiger partial charge < -0.3 is 0 Å². The summed E-state index contributed by atoms with van der Waals surface area (Å²) in [5, 5.41) is 28.1. The molecule has 0 fully saturated rings. The summed E-state index contributed by atoms with van der Waals surface area (Å²) in [6.45, 7) is 0. The minimum absolute atomic E-state index is 0.341. The van der Waals surface area contributed by atoms with Crippen LogP contribution in [0.15, 0.2) is 48.5 Å². The third-order valence-corrected chi connectivity index (χ3v) is 3.30. The van der Waals surface area contributed by atoms with Crippen molar-refractivity contribution in [1.82, 2.24) is 15.4 Å². The molecule has 1 N–H and O–H groups in total. The van der Waals surface area contributed by atoms with Gasteiger partial charge in [0.25, 0.3) is 0 Å². The maximum absolute atomic E-state index is 9.04. The van der Waals surface area contributed by atoms with Crippen LogP contribution in [0, 0.1) is 22.7 Å². The molecule has 23 heavy (non-hydrogen) atoms. The maximum atomic E-state index is 9.04. The molecule has 3 rings (SSSR count). The van der Waals surface area contributed by atoms with E-state index in [0.717, 1.165) is 16.7 Å². The van der Waals surface area contributed by atoms with Gasteiger partial charge in [-0.3, -0.25) is 0 Å². The second-order valence-electron chi connectivity index (χ2n) is 4.84. The SMILES string of the molecule is N#Cc1cccc(/C=C/c2cccc(-c3nn[nH]c3C#N)c2)c1. The van der Waals surface area contributed by atoms with E-state index in [0.29, 0.717) is 17.0 Å². The number of hydrogen-bond acceptors (Lipinski definition) is 4. The van der Waals surface area contributed by atoms with Crippen LogP contribution in [0.25, 0.3) is 23.4 Å². The minimum atomic E-state index is 0.341. The lowest BCUT2D eigenvalue weighted by Gasteiger charge is -1.99. The normalized spacial score (nSPS) is 10.3. The van der Waals surface area contributed by atoms with Gasteiger partial charge in [0.1, 0.15) is 11.8 Å². The molecule has 1 aromatic heterocycles. The van der Waals surface area contributed by atoms with Crippen LogP contribution in [-0.2, 0) is 0 Å². The van der Waals surface area contributed by atoms with Gasteiger partial charge in [-0.15, -0.1) is 5.10 Å². The first-order valence-electron chi connectivity index (χ1n) is 6.90. The first kappa shape index (κ1) is 14.2. The van der Waals surface area contributed by atoms with Crippen LogP contribution in [0.1, 0.15) is 22.4 Å². The quantitative estimate of drug-likeness (QED) is 0.750. The molecule has 3 aromatic rings. The number of nitrogens with zero attached hydrogens (tertiary/aromatic N) is 4. The Bertz CT molecular complexity index is 954. The number of nitrogens with one attached hydrogen (secondary N) is 1. The van der Waals surface area contributed by atoms with Crippen LogP contribution in [0.2, 0.25) is 0 Å². The Labute approximate surface area is 133 Å². The second-order valence-corrected chi connectivity index (χ2v) is 4.84. The lowest BCUT2D eigenvalue weighted by Crippen LogP contribution is -1.83. The predicted molar refractivity (Wildman–Crippen MR) is 86.6 cm³/mol. The topological polar surface area (TPSA) is 89.2 Å². The van der Waals surface area contributed by atoms with Crippen LogP contribution in [0.3, 0.4) is 0 Å². The first-order chi connectivity index (χ1) is 11.3. The van der Waals surface area contributed by atoms with E-state index in [1.807, 2.05) is 60.7 Å². The molecule has 0 radical (unpaired) electrons. The van der Waals surface area contributed by atoms with Crippen molar-refractivity contribution >= 4 is 12.2 Å². The summed E-state index contributed by atoms with van der Waals surface area (Å²) in [5.74, 6) is 0. The number of nitriles is 2. The number of H-pyrrole nitrogens is 1. The monoisotopic (exact) mass is 297 g/mol. The maximum Gasteiger partial charge on any atom is 0.163 e. The lowest BCUT2D eigenvalue weighted by atomic mass is 10.1. The number of benzene rings is 2. The Morgan fingerprint density at radius 1 is 0.913 bits per heavy atom. The summed E-state index contributed by atoms with van der Waals surface area (Å²) in [6.07, 6.45) is 3.89. The number of hydrogen-bond donors (Lipinski definition) is 1. The van der Waals surface area contributed by atoms with Crippen molar-refractivity contribution in [3.05, 3.63) is 70.9 Å². The zero-order chi connectivity index (χ0) is 16.1. The Balaban J connectivity index is 1.90. The van der Waals surface area contributed by atoms with Gasteiger partial charge in [-0.25, -0.2) is 5.10 Å². The predicted octanol–water partition coefficient (Wildman–Crippen LogP) is 3.39.